The van der Waals surface area contributed by atoms with Gasteiger partial charge in [-0.05, 0) is 45.2 Å². The van der Waals surface area contributed by atoms with Crippen LogP contribution in [0.25, 0.3) is 0 Å². The Balaban J connectivity index is 1.74. The van der Waals surface area contributed by atoms with Crippen molar-refractivity contribution in [1.82, 2.24) is 10.2 Å². The molecule has 2 heteroatoms. The third-order valence-electron chi connectivity index (χ3n) is 4.02. The summed E-state index contributed by atoms with van der Waals surface area (Å²) in [4.78, 5) is 2.46. The molecule has 14 heavy (non-hydrogen) atoms. The van der Waals surface area contributed by atoms with Crippen LogP contribution in [-0.4, -0.2) is 37.1 Å². The largest absolute Gasteiger partial charge is 0.310 e. The molecule has 0 aromatic rings. The molecule has 82 valence electrons. The van der Waals surface area contributed by atoms with Crippen LogP contribution in [0, 0.1) is 5.92 Å². The van der Waals surface area contributed by atoms with Crippen LogP contribution in [0.1, 0.15) is 39.0 Å². The van der Waals surface area contributed by atoms with Gasteiger partial charge in [0.15, 0.2) is 0 Å². The third kappa shape index (κ3) is 2.29. The van der Waals surface area contributed by atoms with E-state index in [2.05, 4.69) is 24.2 Å². The molecule has 0 aromatic carbocycles. The topological polar surface area (TPSA) is 15.3 Å². The second-order valence-corrected chi connectivity index (χ2v) is 5.12. The van der Waals surface area contributed by atoms with Crippen molar-refractivity contribution < 1.29 is 0 Å². The van der Waals surface area contributed by atoms with Crippen LogP contribution in [0.5, 0.6) is 0 Å². The minimum atomic E-state index is 0.771. The lowest BCUT2D eigenvalue weighted by Gasteiger charge is -2.41. The predicted molar refractivity (Wildman–Crippen MR) is 60.5 cm³/mol. The minimum absolute atomic E-state index is 0.771. The van der Waals surface area contributed by atoms with E-state index in [9.17, 15) is 0 Å². The molecule has 1 saturated carbocycles. The highest BCUT2D eigenvalue weighted by Crippen LogP contribution is 2.30. The summed E-state index contributed by atoms with van der Waals surface area (Å²) in [5.74, 6) is 0.974. The Morgan fingerprint density at radius 3 is 2.71 bits per heavy atom. The van der Waals surface area contributed by atoms with E-state index < -0.39 is 0 Å². The van der Waals surface area contributed by atoms with Gasteiger partial charge in [0, 0.05) is 18.6 Å². The number of likely N-dealkylation sites (N-methyl/N-ethyl adjacent to an activating group) is 1. The van der Waals surface area contributed by atoms with Gasteiger partial charge in [-0.3, -0.25) is 0 Å². The van der Waals surface area contributed by atoms with Gasteiger partial charge < -0.3 is 10.2 Å². The number of hydrogen-bond acceptors (Lipinski definition) is 2. The van der Waals surface area contributed by atoms with Crippen LogP contribution < -0.4 is 5.32 Å². The molecule has 0 radical (unpaired) electrons. The summed E-state index contributed by atoms with van der Waals surface area (Å²) >= 11 is 0. The number of rotatable bonds is 3. The molecule has 0 spiro atoms. The van der Waals surface area contributed by atoms with Gasteiger partial charge in [-0.15, -0.1) is 0 Å². The number of nitrogens with zero attached hydrogens (tertiary/aromatic N) is 1. The van der Waals surface area contributed by atoms with E-state index in [1.807, 2.05) is 0 Å². The molecule has 0 bridgehead atoms. The van der Waals surface area contributed by atoms with E-state index in [0.29, 0.717) is 0 Å². The number of hydrogen-bond donors (Lipinski definition) is 1. The lowest BCUT2D eigenvalue weighted by Crippen LogP contribution is -2.53. The van der Waals surface area contributed by atoms with Gasteiger partial charge >= 0.3 is 0 Å². The highest BCUT2D eigenvalue weighted by Gasteiger charge is 2.31. The average Bonchev–Trinajstić information content (AvgIpc) is 2.14. The molecular weight excluding hydrogens is 172 g/mol. The maximum atomic E-state index is 3.85. The zero-order valence-corrected chi connectivity index (χ0v) is 9.63. The Morgan fingerprint density at radius 2 is 2.14 bits per heavy atom. The Hall–Kier alpha value is -0.0800. The minimum Gasteiger partial charge on any atom is -0.310 e. The molecule has 3 unspecified atom stereocenters. The van der Waals surface area contributed by atoms with Crippen molar-refractivity contribution in [1.29, 1.82) is 0 Å². The Bertz CT molecular complexity index is 179. The summed E-state index contributed by atoms with van der Waals surface area (Å²) in [6.07, 6.45) is 6.99. The van der Waals surface area contributed by atoms with Gasteiger partial charge in [-0.25, -0.2) is 0 Å². The number of likely N-dealkylation sites (tertiary alicyclic amines) is 1. The molecular formula is C12H24N2. The standard InChI is InChI=1S/C12H24N2/c1-3-10-6-7-12(10)13-11-5-4-8-14(2)9-11/h10-13H,3-9H2,1-2H3. The van der Waals surface area contributed by atoms with Crippen molar-refractivity contribution in [2.45, 2.75) is 51.1 Å². The molecule has 3 atom stereocenters. The van der Waals surface area contributed by atoms with Crippen molar-refractivity contribution in [3.8, 4) is 0 Å². The second-order valence-electron chi connectivity index (χ2n) is 5.12. The first-order chi connectivity index (χ1) is 6.79. The summed E-state index contributed by atoms with van der Waals surface area (Å²) < 4.78 is 0. The molecule has 2 aliphatic rings. The van der Waals surface area contributed by atoms with Gasteiger partial charge in [-0.1, -0.05) is 13.3 Å². The zero-order valence-electron chi connectivity index (χ0n) is 9.63. The van der Waals surface area contributed by atoms with Crippen LogP contribution in [0.4, 0.5) is 0 Å². The summed E-state index contributed by atoms with van der Waals surface area (Å²) in [5, 5.41) is 3.85. The van der Waals surface area contributed by atoms with Gasteiger partial charge in [0.2, 0.25) is 0 Å². The van der Waals surface area contributed by atoms with Crippen molar-refractivity contribution in [3.05, 3.63) is 0 Å². The summed E-state index contributed by atoms with van der Waals surface area (Å²) in [6.45, 7) is 4.87. The van der Waals surface area contributed by atoms with E-state index in [0.717, 1.165) is 18.0 Å². The van der Waals surface area contributed by atoms with Crippen LogP contribution >= 0.6 is 0 Å². The summed E-state index contributed by atoms with van der Waals surface area (Å²) in [5.41, 5.74) is 0. The molecule has 1 saturated heterocycles. The Labute approximate surface area is 88.1 Å². The fraction of sp³-hybridized carbons (Fsp3) is 1.00. The lowest BCUT2D eigenvalue weighted by atomic mass is 9.77. The third-order valence-corrected chi connectivity index (χ3v) is 4.02. The van der Waals surface area contributed by atoms with E-state index in [1.54, 1.807) is 0 Å². The van der Waals surface area contributed by atoms with Crippen LogP contribution in [0.15, 0.2) is 0 Å². The fourth-order valence-corrected chi connectivity index (χ4v) is 2.88. The summed E-state index contributed by atoms with van der Waals surface area (Å²) in [7, 11) is 2.24. The summed E-state index contributed by atoms with van der Waals surface area (Å²) in [6, 6.07) is 1.62. The molecule has 1 N–H and O–H groups in total. The van der Waals surface area contributed by atoms with E-state index in [4.69, 9.17) is 0 Å². The molecule has 0 amide bonds. The molecule has 1 aliphatic carbocycles. The quantitative estimate of drug-likeness (QED) is 0.741. The fourth-order valence-electron chi connectivity index (χ4n) is 2.88. The highest BCUT2D eigenvalue weighted by molar-refractivity contribution is 4.89. The molecule has 2 rings (SSSR count). The molecule has 2 fully saturated rings. The first kappa shape index (κ1) is 10.4. The second kappa shape index (κ2) is 4.63. The van der Waals surface area contributed by atoms with E-state index in [-0.39, 0.29) is 0 Å². The molecule has 1 aliphatic heterocycles. The highest BCUT2D eigenvalue weighted by atomic mass is 15.1. The predicted octanol–water partition coefficient (Wildman–Crippen LogP) is 1.86. The SMILES string of the molecule is CCC1CCC1NC1CCCN(C)C1. The number of nitrogens with one attached hydrogen (secondary N) is 1. The van der Waals surface area contributed by atoms with Gasteiger partial charge in [0.05, 0.1) is 0 Å². The maximum absolute atomic E-state index is 3.85. The van der Waals surface area contributed by atoms with Crippen molar-refractivity contribution in [2.24, 2.45) is 5.92 Å². The van der Waals surface area contributed by atoms with Gasteiger partial charge in [-0.2, -0.15) is 0 Å². The number of piperidine rings is 1. The normalized spacial score (nSPS) is 39.4. The van der Waals surface area contributed by atoms with Crippen LogP contribution in [0.3, 0.4) is 0 Å². The van der Waals surface area contributed by atoms with Gasteiger partial charge in [0.25, 0.3) is 0 Å². The van der Waals surface area contributed by atoms with Crippen molar-refractivity contribution in [2.75, 3.05) is 20.1 Å². The molecule has 2 nitrogen and oxygen atoms in total. The van der Waals surface area contributed by atoms with Crippen molar-refractivity contribution >= 4 is 0 Å². The first-order valence-electron chi connectivity index (χ1n) is 6.24. The van der Waals surface area contributed by atoms with Crippen molar-refractivity contribution in [3.63, 3.8) is 0 Å². The van der Waals surface area contributed by atoms with Crippen LogP contribution in [0.2, 0.25) is 0 Å². The van der Waals surface area contributed by atoms with E-state index in [1.165, 1.54) is 45.2 Å². The molecule has 1 heterocycles. The zero-order chi connectivity index (χ0) is 9.97. The first-order valence-corrected chi connectivity index (χ1v) is 6.24. The smallest absolute Gasteiger partial charge is 0.0198 e. The van der Waals surface area contributed by atoms with Gasteiger partial charge in [0.1, 0.15) is 0 Å². The maximum Gasteiger partial charge on any atom is 0.0198 e. The van der Waals surface area contributed by atoms with E-state index >= 15 is 0 Å². The lowest BCUT2D eigenvalue weighted by molar-refractivity contribution is 0.148. The van der Waals surface area contributed by atoms with Crippen LogP contribution in [-0.2, 0) is 0 Å². The molecule has 0 aromatic heterocycles. The Kier molecular flexibility index (Phi) is 3.45. The average molecular weight is 196 g/mol. The monoisotopic (exact) mass is 196 g/mol. The Morgan fingerprint density at radius 1 is 1.29 bits per heavy atom.